The Labute approximate surface area is 141 Å². The van der Waals surface area contributed by atoms with E-state index in [1.807, 2.05) is 0 Å². The van der Waals surface area contributed by atoms with Gasteiger partial charge in [0, 0.05) is 6.54 Å². The lowest BCUT2D eigenvalue weighted by molar-refractivity contribution is -0.149. The maximum absolute atomic E-state index is 12.3. The van der Waals surface area contributed by atoms with Crippen LogP contribution in [0.1, 0.15) is 96.3 Å². The summed E-state index contributed by atoms with van der Waals surface area (Å²) in [6, 6.07) is 0. The first kappa shape index (κ1) is 18.7. The number of carboxylic acids is 1. The largest absolute Gasteiger partial charge is 0.480 e. The lowest BCUT2D eigenvalue weighted by Gasteiger charge is -2.39. The van der Waals surface area contributed by atoms with Crippen LogP contribution in [0.2, 0.25) is 0 Å². The molecule has 0 aromatic heterocycles. The van der Waals surface area contributed by atoms with E-state index in [0.717, 1.165) is 38.6 Å². The molecule has 1 aliphatic heterocycles. The van der Waals surface area contributed by atoms with E-state index in [4.69, 9.17) is 0 Å². The van der Waals surface area contributed by atoms with E-state index in [9.17, 15) is 9.90 Å². The molecular formula is C19H36N2O2. The Morgan fingerprint density at radius 1 is 0.783 bits per heavy atom. The summed E-state index contributed by atoms with van der Waals surface area (Å²) in [5.41, 5.74) is 5.80. The molecule has 134 valence electrons. The normalized spacial score (nSPS) is 30.4. The van der Waals surface area contributed by atoms with Crippen LogP contribution in [0.5, 0.6) is 0 Å². The molecule has 2 rings (SSSR count). The fraction of sp³-hybridized carbons (Fsp3) is 0.947. The number of carbonyl (C=O) groups is 1. The Balaban J connectivity index is 2.10. The fourth-order valence-electron chi connectivity index (χ4n) is 4.37. The molecule has 0 radical (unpaired) electrons. The van der Waals surface area contributed by atoms with Gasteiger partial charge in [-0.15, -0.1) is 0 Å². The predicted molar refractivity (Wildman–Crippen MR) is 94.3 cm³/mol. The van der Waals surface area contributed by atoms with Gasteiger partial charge in [0.15, 0.2) is 0 Å². The molecule has 2 fully saturated rings. The summed E-state index contributed by atoms with van der Waals surface area (Å²) in [4.78, 5) is 12.3. The number of aliphatic carboxylic acids is 1. The Morgan fingerprint density at radius 3 is 1.91 bits per heavy atom. The second kappa shape index (κ2) is 10.3. The molecule has 1 aliphatic carbocycles. The molecule has 1 atom stereocenters. The van der Waals surface area contributed by atoms with Gasteiger partial charge in [-0.3, -0.25) is 10.2 Å². The van der Waals surface area contributed by atoms with Crippen molar-refractivity contribution in [3.05, 3.63) is 0 Å². The van der Waals surface area contributed by atoms with Gasteiger partial charge in [-0.1, -0.05) is 70.6 Å². The highest BCUT2D eigenvalue weighted by Gasteiger charge is 2.44. The first-order valence-electron chi connectivity index (χ1n) is 9.99. The van der Waals surface area contributed by atoms with E-state index >= 15 is 0 Å². The smallest absolute Gasteiger partial charge is 0.325 e. The Bertz CT molecular complexity index is 326. The van der Waals surface area contributed by atoms with Crippen molar-refractivity contribution in [2.75, 3.05) is 6.54 Å². The summed E-state index contributed by atoms with van der Waals surface area (Å²) >= 11 is 0. The zero-order valence-corrected chi connectivity index (χ0v) is 14.7. The highest BCUT2D eigenvalue weighted by molar-refractivity contribution is 5.79. The Kier molecular flexibility index (Phi) is 8.38. The molecule has 1 heterocycles. The SMILES string of the molecule is O=C(O)C1(C2CCCCCCCCC2)CCCCCCCNN1. The molecule has 1 unspecified atom stereocenters. The summed E-state index contributed by atoms with van der Waals surface area (Å²) in [6.45, 7) is 0.877. The third-order valence-electron chi connectivity index (χ3n) is 5.87. The van der Waals surface area contributed by atoms with Crippen molar-refractivity contribution < 1.29 is 9.90 Å². The minimum absolute atomic E-state index is 0.255. The molecule has 0 amide bonds. The highest BCUT2D eigenvalue weighted by Crippen LogP contribution is 2.34. The molecule has 0 aromatic rings. The first-order chi connectivity index (χ1) is 11.3. The molecule has 4 nitrogen and oxygen atoms in total. The second-order valence-corrected chi connectivity index (χ2v) is 7.60. The lowest BCUT2D eigenvalue weighted by Crippen LogP contribution is -2.62. The van der Waals surface area contributed by atoms with Crippen molar-refractivity contribution in [1.29, 1.82) is 0 Å². The molecule has 1 saturated heterocycles. The molecule has 2 aliphatic rings. The quantitative estimate of drug-likeness (QED) is 0.704. The van der Waals surface area contributed by atoms with E-state index < -0.39 is 11.5 Å². The van der Waals surface area contributed by atoms with E-state index in [1.54, 1.807) is 0 Å². The number of rotatable bonds is 2. The topological polar surface area (TPSA) is 61.4 Å². The van der Waals surface area contributed by atoms with Gasteiger partial charge in [0.25, 0.3) is 0 Å². The van der Waals surface area contributed by atoms with Crippen molar-refractivity contribution in [2.24, 2.45) is 5.92 Å². The third-order valence-corrected chi connectivity index (χ3v) is 5.87. The zero-order chi connectivity index (χ0) is 16.4. The molecule has 3 N–H and O–H groups in total. The third kappa shape index (κ3) is 5.75. The minimum atomic E-state index is -0.767. The predicted octanol–water partition coefficient (Wildman–Crippen LogP) is 4.40. The summed E-state index contributed by atoms with van der Waals surface area (Å²) < 4.78 is 0. The summed E-state index contributed by atoms with van der Waals surface area (Å²) in [5.74, 6) is -0.391. The van der Waals surface area contributed by atoms with Crippen molar-refractivity contribution in [2.45, 2.75) is 102 Å². The summed E-state index contributed by atoms with van der Waals surface area (Å²) in [5, 5.41) is 10.1. The van der Waals surface area contributed by atoms with Gasteiger partial charge < -0.3 is 5.11 Å². The summed E-state index contributed by atoms with van der Waals surface area (Å²) in [6.07, 6.45) is 17.6. The molecule has 23 heavy (non-hydrogen) atoms. The molecule has 0 spiro atoms. The van der Waals surface area contributed by atoms with Crippen LogP contribution >= 0.6 is 0 Å². The molecular weight excluding hydrogens is 288 g/mol. The van der Waals surface area contributed by atoms with Crippen molar-refractivity contribution >= 4 is 5.97 Å². The average molecular weight is 325 g/mol. The maximum atomic E-state index is 12.3. The van der Waals surface area contributed by atoms with Gasteiger partial charge in [-0.05, 0) is 31.6 Å². The number of hydrogen-bond acceptors (Lipinski definition) is 3. The van der Waals surface area contributed by atoms with Crippen LogP contribution in [0.4, 0.5) is 0 Å². The maximum Gasteiger partial charge on any atom is 0.325 e. The van der Waals surface area contributed by atoms with E-state index in [2.05, 4.69) is 10.9 Å². The average Bonchev–Trinajstić information content (AvgIpc) is 2.57. The first-order valence-corrected chi connectivity index (χ1v) is 9.99. The minimum Gasteiger partial charge on any atom is -0.480 e. The number of carboxylic acid groups (broad SMARTS) is 1. The number of hydrogen-bond donors (Lipinski definition) is 3. The van der Waals surface area contributed by atoms with Crippen LogP contribution in [0.25, 0.3) is 0 Å². The number of hydrazine groups is 1. The standard InChI is InChI=1S/C19H36N2O2/c22-18(23)19(15-11-7-4-8-12-16-20-21-19)17-13-9-5-2-1-3-6-10-14-17/h17,20-21H,1-16H2,(H,22,23). The van der Waals surface area contributed by atoms with Gasteiger partial charge in [0.2, 0.25) is 0 Å². The molecule has 0 bridgehead atoms. The van der Waals surface area contributed by atoms with Crippen molar-refractivity contribution in [3.8, 4) is 0 Å². The molecule has 4 heteroatoms. The van der Waals surface area contributed by atoms with Crippen LogP contribution in [-0.4, -0.2) is 23.2 Å². The van der Waals surface area contributed by atoms with Crippen LogP contribution in [-0.2, 0) is 4.79 Å². The van der Waals surface area contributed by atoms with Gasteiger partial charge in [0.1, 0.15) is 5.54 Å². The van der Waals surface area contributed by atoms with Gasteiger partial charge >= 0.3 is 5.97 Å². The van der Waals surface area contributed by atoms with Crippen molar-refractivity contribution in [1.82, 2.24) is 10.9 Å². The fourth-order valence-corrected chi connectivity index (χ4v) is 4.37. The zero-order valence-electron chi connectivity index (χ0n) is 14.7. The van der Waals surface area contributed by atoms with Gasteiger partial charge in [0.05, 0.1) is 0 Å². The van der Waals surface area contributed by atoms with E-state index in [-0.39, 0.29) is 5.92 Å². The number of nitrogens with one attached hydrogen (secondary N) is 2. The Hall–Kier alpha value is -0.610. The second-order valence-electron chi connectivity index (χ2n) is 7.60. The summed E-state index contributed by atoms with van der Waals surface area (Å²) in [7, 11) is 0. The van der Waals surface area contributed by atoms with Gasteiger partial charge in [-0.25, -0.2) is 5.43 Å². The van der Waals surface area contributed by atoms with Crippen LogP contribution in [0, 0.1) is 5.92 Å². The lowest BCUT2D eigenvalue weighted by atomic mass is 9.74. The van der Waals surface area contributed by atoms with Crippen molar-refractivity contribution in [3.63, 3.8) is 0 Å². The molecule has 1 saturated carbocycles. The Morgan fingerprint density at radius 2 is 1.30 bits per heavy atom. The van der Waals surface area contributed by atoms with Gasteiger partial charge in [-0.2, -0.15) is 0 Å². The van der Waals surface area contributed by atoms with Crippen LogP contribution in [0.15, 0.2) is 0 Å². The van der Waals surface area contributed by atoms with E-state index in [0.29, 0.717) is 0 Å². The van der Waals surface area contributed by atoms with Crippen LogP contribution in [0.3, 0.4) is 0 Å². The monoisotopic (exact) mass is 324 g/mol. The molecule has 0 aromatic carbocycles. The van der Waals surface area contributed by atoms with Crippen LogP contribution < -0.4 is 10.9 Å². The van der Waals surface area contributed by atoms with E-state index in [1.165, 1.54) is 64.2 Å². The highest BCUT2D eigenvalue weighted by atomic mass is 16.4.